The number of aryl methyl sites for hydroxylation is 1. The summed E-state index contributed by atoms with van der Waals surface area (Å²) in [6.07, 6.45) is 4.38. The Balaban J connectivity index is 1.54. The van der Waals surface area contributed by atoms with Gasteiger partial charge in [-0.3, -0.25) is 4.79 Å². The first kappa shape index (κ1) is 18.5. The highest BCUT2D eigenvalue weighted by Gasteiger charge is 2.38. The van der Waals surface area contributed by atoms with Gasteiger partial charge in [0.15, 0.2) is 6.04 Å². The minimum absolute atomic E-state index is 0.0829. The van der Waals surface area contributed by atoms with Crippen LogP contribution >= 0.6 is 0 Å². The number of rotatable bonds is 5. The number of nitrogens with one attached hydrogen (secondary N) is 2. The molecule has 0 spiro atoms. The zero-order chi connectivity index (χ0) is 19.5. The Morgan fingerprint density at radius 3 is 2.57 bits per heavy atom. The summed E-state index contributed by atoms with van der Waals surface area (Å²) in [6.45, 7) is 3.09. The number of nitrogens with zero attached hydrogens (tertiary/aromatic N) is 1. The maximum absolute atomic E-state index is 13.1. The molecule has 1 aliphatic heterocycles. The summed E-state index contributed by atoms with van der Waals surface area (Å²) in [5.41, 5.74) is 4.36. The number of quaternary nitrogens is 1. The van der Waals surface area contributed by atoms with Gasteiger partial charge < -0.3 is 14.8 Å². The number of carbonyl (C=O) groups excluding carboxylic acids is 1. The van der Waals surface area contributed by atoms with E-state index in [0.717, 1.165) is 36.2 Å². The van der Waals surface area contributed by atoms with E-state index in [0.29, 0.717) is 6.04 Å². The monoisotopic (exact) mass is 374 g/mol. The summed E-state index contributed by atoms with van der Waals surface area (Å²) in [5.74, 6) is 0.0829. The summed E-state index contributed by atoms with van der Waals surface area (Å²) in [6, 6.07) is 22.8. The third-order valence-electron chi connectivity index (χ3n) is 5.97. The van der Waals surface area contributed by atoms with Crippen LogP contribution in [0.4, 0.5) is 5.69 Å². The van der Waals surface area contributed by atoms with Crippen molar-refractivity contribution in [2.45, 2.75) is 31.8 Å². The first-order valence-corrected chi connectivity index (χ1v) is 10.1. The van der Waals surface area contributed by atoms with Crippen molar-refractivity contribution in [1.29, 1.82) is 0 Å². The number of hydrogen-bond acceptors (Lipinski definition) is 1. The molecular weight excluding hydrogens is 346 g/mol. The summed E-state index contributed by atoms with van der Waals surface area (Å²) < 4.78 is 2.19. The van der Waals surface area contributed by atoms with E-state index >= 15 is 0 Å². The van der Waals surface area contributed by atoms with Gasteiger partial charge in [0.25, 0.3) is 5.91 Å². The molecule has 2 heterocycles. The Kier molecular flexibility index (Phi) is 5.31. The molecule has 2 aromatic carbocycles. The first-order valence-electron chi connectivity index (χ1n) is 10.1. The van der Waals surface area contributed by atoms with Gasteiger partial charge in [0.1, 0.15) is 6.04 Å². The van der Waals surface area contributed by atoms with E-state index in [-0.39, 0.29) is 11.9 Å². The first-order chi connectivity index (χ1) is 13.6. The van der Waals surface area contributed by atoms with Crippen molar-refractivity contribution in [1.82, 2.24) is 4.57 Å². The maximum Gasteiger partial charge on any atom is 0.282 e. The predicted octanol–water partition coefficient (Wildman–Crippen LogP) is 3.44. The SMILES string of the molecule is C[C@H](C(=O)Nc1ccccc1-c1ccccc1)[NH+]1CCC[C@@H]1c1cccn1C. The van der Waals surface area contributed by atoms with E-state index in [1.54, 1.807) is 0 Å². The number of anilines is 1. The summed E-state index contributed by atoms with van der Waals surface area (Å²) >= 11 is 0. The second-order valence-corrected chi connectivity index (χ2v) is 7.69. The van der Waals surface area contributed by atoms with Crippen LogP contribution in [0, 0.1) is 0 Å². The lowest BCUT2D eigenvalue weighted by Crippen LogP contribution is -3.15. The number of amides is 1. The van der Waals surface area contributed by atoms with Crippen LogP contribution in [-0.2, 0) is 11.8 Å². The molecule has 0 bridgehead atoms. The van der Waals surface area contributed by atoms with Crippen molar-refractivity contribution in [3.8, 4) is 11.1 Å². The van der Waals surface area contributed by atoms with Crippen molar-refractivity contribution < 1.29 is 9.69 Å². The number of benzene rings is 2. The highest BCUT2D eigenvalue weighted by molar-refractivity contribution is 5.97. The Bertz CT molecular complexity index is 947. The Labute approximate surface area is 166 Å². The predicted molar refractivity (Wildman–Crippen MR) is 113 cm³/mol. The molecule has 1 aromatic heterocycles. The minimum Gasteiger partial charge on any atom is -0.350 e. The van der Waals surface area contributed by atoms with E-state index in [9.17, 15) is 4.79 Å². The standard InChI is InChI=1S/C24H27N3O/c1-18(27-17-9-15-23(27)22-14-8-16-26(22)2)24(28)25-21-13-7-6-12-20(21)19-10-4-3-5-11-19/h3-8,10-14,16,18,23H,9,15,17H2,1-2H3,(H,25,28)/p+1/t18-,23-/m1/s1. The van der Waals surface area contributed by atoms with Crippen LogP contribution in [0.25, 0.3) is 11.1 Å². The summed E-state index contributed by atoms with van der Waals surface area (Å²) in [4.78, 5) is 14.5. The third kappa shape index (κ3) is 3.60. The molecule has 1 saturated heterocycles. The number of aromatic nitrogens is 1. The average Bonchev–Trinajstić information content (AvgIpc) is 3.37. The lowest BCUT2D eigenvalue weighted by Gasteiger charge is -2.27. The molecule has 28 heavy (non-hydrogen) atoms. The fourth-order valence-corrected chi connectivity index (χ4v) is 4.43. The van der Waals surface area contributed by atoms with E-state index in [1.165, 1.54) is 10.6 Å². The molecule has 0 radical (unpaired) electrons. The number of para-hydroxylation sites is 1. The third-order valence-corrected chi connectivity index (χ3v) is 5.97. The zero-order valence-electron chi connectivity index (χ0n) is 16.6. The molecule has 3 aromatic rings. The second-order valence-electron chi connectivity index (χ2n) is 7.69. The van der Waals surface area contributed by atoms with Gasteiger partial charge in [-0.15, -0.1) is 0 Å². The van der Waals surface area contributed by atoms with E-state index in [2.05, 4.69) is 60.4 Å². The van der Waals surface area contributed by atoms with Crippen LogP contribution in [0.1, 0.15) is 31.5 Å². The van der Waals surface area contributed by atoms with Crippen LogP contribution in [0.3, 0.4) is 0 Å². The fourth-order valence-electron chi connectivity index (χ4n) is 4.43. The topological polar surface area (TPSA) is 38.5 Å². The zero-order valence-corrected chi connectivity index (χ0v) is 16.6. The quantitative estimate of drug-likeness (QED) is 0.705. The Morgan fingerprint density at radius 1 is 1.07 bits per heavy atom. The molecule has 4 heteroatoms. The molecule has 4 rings (SSSR count). The molecule has 1 unspecified atom stereocenters. The van der Waals surface area contributed by atoms with Crippen molar-refractivity contribution >= 4 is 11.6 Å². The molecule has 1 amide bonds. The highest BCUT2D eigenvalue weighted by Crippen LogP contribution is 2.27. The Hall–Kier alpha value is -2.85. The lowest BCUT2D eigenvalue weighted by molar-refractivity contribution is -0.932. The molecule has 2 N–H and O–H groups in total. The lowest BCUT2D eigenvalue weighted by atomic mass is 10.0. The van der Waals surface area contributed by atoms with Crippen molar-refractivity contribution in [2.24, 2.45) is 7.05 Å². The molecule has 1 aliphatic rings. The largest absolute Gasteiger partial charge is 0.350 e. The van der Waals surface area contributed by atoms with Gasteiger partial charge in [-0.25, -0.2) is 0 Å². The van der Waals surface area contributed by atoms with Crippen molar-refractivity contribution in [3.05, 3.63) is 78.6 Å². The van der Waals surface area contributed by atoms with Gasteiger partial charge in [-0.05, 0) is 30.7 Å². The highest BCUT2D eigenvalue weighted by atomic mass is 16.2. The fraction of sp³-hybridized carbons (Fsp3) is 0.292. The van der Waals surface area contributed by atoms with Gasteiger partial charge in [0.2, 0.25) is 0 Å². The minimum atomic E-state index is -0.105. The molecule has 0 aliphatic carbocycles. The van der Waals surface area contributed by atoms with E-state index < -0.39 is 0 Å². The average molecular weight is 375 g/mol. The number of likely N-dealkylation sites (tertiary alicyclic amines) is 1. The smallest absolute Gasteiger partial charge is 0.282 e. The van der Waals surface area contributed by atoms with Gasteiger partial charge >= 0.3 is 0 Å². The van der Waals surface area contributed by atoms with Gasteiger partial charge in [-0.2, -0.15) is 0 Å². The molecule has 1 fully saturated rings. The number of hydrogen-bond donors (Lipinski definition) is 2. The second kappa shape index (κ2) is 8.03. The van der Waals surface area contributed by atoms with Gasteiger partial charge in [0.05, 0.1) is 12.2 Å². The summed E-state index contributed by atoms with van der Waals surface area (Å²) in [5, 5.41) is 3.20. The van der Waals surface area contributed by atoms with Crippen LogP contribution < -0.4 is 10.2 Å². The number of carbonyl (C=O) groups is 1. The van der Waals surface area contributed by atoms with E-state index in [1.807, 2.05) is 36.4 Å². The normalized spacial score (nSPS) is 20.1. The molecule has 0 saturated carbocycles. The van der Waals surface area contributed by atoms with Crippen LogP contribution in [0.5, 0.6) is 0 Å². The van der Waals surface area contributed by atoms with Gasteiger partial charge in [0, 0.05) is 37.3 Å². The van der Waals surface area contributed by atoms with Crippen LogP contribution in [-0.4, -0.2) is 23.1 Å². The molecular formula is C24H28N3O+. The Morgan fingerprint density at radius 2 is 1.82 bits per heavy atom. The molecule has 3 atom stereocenters. The van der Waals surface area contributed by atoms with Crippen LogP contribution in [0.2, 0.25) is 0 Å². The maximum atomic E-state index is 13.1. The summed E-state index contributed by atoms with van der Waals surface area (Å²) in [7, 11) is 2.09. The molecule has 144 valence electrons. The van der Waals surface area contributed by atoms with Crippen LogP contribution in [0.15, 0.2) is 72.9 Å². The van der Waals surface area contributed by atoms with Gasteiger partial charge in [-0.1, -0.05) is 48.5 Å². The van der Waals surface area contributed by atoms with Crippen molar-refractivity contribution in [2.75, 3.05) is 11.9 Å². The van der Waals surface area contributed by atoms with Crippen molar-refractivity contribution in [3.63, 3.8) is 0 Å². The van der Waals surface area contributed by atoms with E-state index in [4.69, 9.17) is 0 Å². The molecule has 4 nitrogen and oxygen atoms in total.